The summed E-state index contributed by atoms with van der Waals surface area (Å²) >= 11 is 0. The minimum absolute atomic E-state index is 0.00186. The van der Waals surface area contributed by atoms with E-state index in [9.17, 15) is 78.0 Å². The van der Waals surface area contributed by atoms with Gasteiger partial charge in [0.05, 0.1) is 49.7 Å². The van der Waals surface area contributed by atoms with Crippen LogP contribution in [-0.2, 0) is 76.8 Å². The number of nitrogens with zero attached hydrogens (tertiary/aromatic N) is 1. The molecular weight excluding hydrogens is 1220 g/mol. The maximum atomic E-state index is 14.9. The van der Waals surface area contributed by atoms with Crippen LogP contribution in [0.25, 0.3) is 10.9 Å². The zero-order chi connectivity index (χ0) is 69.7. The number of guanidine groups is 1. The van der Waals surface area contributed by atoms with Crippen LogP contribution in [0.5, 0.6) is 5.75 Å². The van der Waals surface area contributed by atoms with Crippen LogP contribution < -0.4 is 38.1 Å². The van der Waals surface area contributed by atoms with Gasteiger partial charge in [-0.2, -0.15) is 0 Å². The van der Waals surface area contributed by atoms with Crippen LogP contribution in [0, 0.1) is 35.5 Å². The summed E-state index contributed by atoms with van der Waals surface area (Å²) in [5, 5.41) is 55.0. The van der Waals surface area contributed by atoms with Crippen molar-refractivity contribution in [3.63, 3.8) is 0 Å². The fourth-order valence-corrected chi connectivity index (χ4v) is 12.1. The summed E-state index contributed by atoms with van der Waals surface area (Å²) in [5.74, 6) is -14.1. The first-order valence-electron chi connectivity index (χ1n) is 32.7. The number of phenols is 1. The minimum Gasteiger partial charge on any atom is -0.508 e. The molecule has 25 heteroatoms. The lowest BCUT2D eigenvalue weighted by Gasteiger charge is -2.28. The Labute approximate surface area is 553 Å². The number of aromatic amines is 1. The van der Waals surface area contributed by atoms with Gasteiger partial charge in [0.15, 0.2) is 34.9 Å². The maximum absolute atomic E-state index is 14.9. The van der Waals surface area contributed by atoms with E-state index in [1.807, 2.05) is 32.0 Å². The van der Waals surface area contributed by atoms with Crippen molar-refractivity contribution in [2.75, 3.05) is 19.8 Å². The van der Waals surface area contributed by atoms with E-state index in [0.29, 0.717) is 16.7 Å². The third-order valence-electron chi connectivity index (χ3n) is 17.2. The topological polar surface area (TPSA) is 426 Å². The average molecular weight is 1320 g/mol. The molecule has 4 aromatic rings. The first-order chi connectivity index (χ1) is 45.2. The molecule has 5 rings (SSSR count). The second-order valence-corrected chi connectivity index (χ2v) is 25.5. The standard InChI is InChI=1S/C70H95N9O16/c1-41(2)28-56(62(87)35-49(32-50-38-74-54-19-12-11-18-53(50)54)68(94)79-59(40-81)60(85)26-21-42(3)82)77-66(92)48(30-46-22-24-52(84)25-23-46)33-61(86)55(20-13-27-73-70(71)72)76-69(95)51(39-80)36-64(89)57(31-45-16-9-6-10-17-45)78-67(93)47(29-44-14-7-5-8-15-44)34-63(88)58(37-65(90)91)75-43(4)83/h6,9-12,16-19,22-25,38,41,44,47-49,51,55-59,74,80-81,84H,5,7-8,13-15,20-21,26-37,39-40H2,1-4H3,(H,75,83)(H,76,95)(H,77,92)(H,78,93)(H,79,94)(H,90,91)(H4,71,72,73)/t47-,48-,49-,51-,55-,56+,57+,58+,59+/m1/s1. The normalized spacial score (nSPS) is 15.3. The first-order valence-corrected chi connectivity index (χ1v) is 32.7. The summed E-state index contributed by atoms with van der Waals surface area (Å²) in [5.41, 5.74) is 13.8. The highest BCUT2D eigenvalue weighted by molar-refractivity contribution is 5.99. The Bertz CT molecular complexity index is 3290. The van der Waals surface area contributed by atoms with E-state index in [0.717, 1.165) is 49.9 Å². The van der Waals surface area contributed by atoms with Crippen LogP contribution in [0.1, 0.15) is 147 Å². The lowest BCUT2D eigenvalue weighted by atomic mass is 9.80. The Morgan fingerprint density at radius 3 is 1.71 bits per heavy atom. The number of carboxylic acids is 1. The van der Waals surface area contributed by atoms with E-state index >= 15 is 0 Å². The van der Waals surface area contributed by atoms with Crippen molar-refractivity contribution >= 4 is 87.1 Å². The van der Waals surface area contributed by atoms with Crippen molar-refractivity contribution in [2.24, 2.45) is 52.0 Å². The van der Waals surface area contributed by atoms with Crippen LogP contribution in [0.2, 0.25) is 0 Å². The highest BCUT2D eigenvalue weighted by atomic mass is 16.4. The predicted molar refractivity (Wildman–Crippen MR) is 354 cm³/mol. The van der Waals surface area contributed by atoms with Crippen molar-refractivity contribution in [1.29, 1.82) is 0 Å². The number of phenolic OH excluding ortho intramolecular Hbond substituents is 1. The monoisotopic (exact) mass is 1320 g/mol. The maximum Gasteiger partial charge on any atom is 0.305 e. The van der Waals surface area contributed by atoms with Crippen molar-refractivity contribution < 1.29 is 78.0 Å². The first kappa shape index (κ1) is 76.7. The molecule has 9 atom stereocenters. The number of nitrogens with two attached hydrogens (primary N) is 2. The predicted octanol–water partition coefficient (Wildman–Crippen LogP) is 4.11. The average Bonchev–Trinajstić information content (AvgIpc) is 1.78. The zero-order valence-corrected chi connectivity index (χ0v) is 54.8. The molecule has 0 bridgehead atoms. The van der Waals surface area contributed by atoms with Gasteiger partial charge in [-0.3, -0.25) is 57.7 Å². The Morgan fingerprint density at radius 1 is 0.558 bits per heavy atom. The van der Waals surface area contributed by atoms with Crippen molar-refractivity contribution in [2.45, 2.75) is 180 Å². The molecular formula is C70H95N9O16. The smallest absolute Gasteiger partial charge is 0.305 e. The van der Waals surface area contributed by atoms with Crippen LogP contribution in [0.15, 0.2) is 90.1 Å². The molecule has 1 heterocycles. The number of para-hydroxylation sites is 1. The zero-order valence-electron chi connectivity index (χ0n) is 54.8. The highest BCUT2D eigenvalue weighted by Crippen LogP contribution is 2.32. The number of carboxylic acid groups (broad SMARTS) is 1. The van der Waals surface area contributed by atoms with Gasteiger partial charge < -0.3 is 68.3 Å². The minimum atomic E-state index is -1.51. The van der Waals surface area contributed by atoms with Crippen LogP contribution >= 0.6 is 0 Å². The number of aliphatic carboxylic acids is 1. The molecule has 25 nitrogen and oxygen atoms in total. The van der Waals surface area contributed by atoms with Crippen molar-refractivity contribution in [3.8, 4) is 5.75 Å². The number of hydrogen-bond donors (Lipinski definition) is 12. The van der Waals surface area contributed by atoms with E-state index in [2.05, 4.69) is 36.6 Å². The van der Waals surface area contributed by atoms with E-state index in [1.165, 1.54) is 19.1 Å². The number of aliphatic imine (C=N–C) groups is 1. The van der Waals surface area contributed by atoms with Crippen LogP contribution in [0.4, 0.5) is 0 Å². The van der Waals surface area contributed by atoms with Crippen molar-refractivity contribution in [1.82, 2.24) is 31.6 Å². The summed E-state index contributed by atoms with van der Waals surface area (Å²) in [7, 11) is 0. The number of Topliss-reactive ketones (excluding diaryl/α,β-unsaturated/α-hetero) is 6. The molecule has 0 radical (unpaired) electrons. The molecule has 1 aliphatic carbocycles. The Morgan fingerprint density at radius 2 is 1.09 bits per heavy atom. The lowest BCUT2D eigenvalue weighted by Crippen LogP contribution is -2.50. The fourth-order valence-electron chi connectivity index (χ4n) is 12.1. The summed E-state index contributed by atoms with van der Waals surface area (Å²) in [6.45, 7) is 4.40. The SMILES string of the molecule is CC(=O)CCC(=O)[C@H](CO)NC(=O)[C@@H](CC(=O)[C@H](CC(C)C)NC(=O)[C@@H](CC(=O)[C@@H](CCCN=C(N)N)NC(=O)[C@@H](CO)CC(=O)[C@H](Cc1ccccc1)NC(=O)[C@@H](CC(=O)[C@H](CC(=O)O)NC(C)=O)CC1CCCCC1)Cc1ccc(O)cc1)Cc1c[nH]c2ccccc12. The van der Waals surface area contributed by atoms with Gasteiger partial charge in [-0.1, -0.05) is 107 Å². The number of amides is 5. The van der Waals surface area contributed by atoms with Crippen molar-refractivity contribution in [3.05, 3.63) is 102 Å². The third-order valence-corrected chi connectivity index (χ3v) is 17.2. The summed E-state index contributed by atoms with van der Waals surface area (Å²) in [6.07, 6.45) is 2.91. The molecule has 0 saturated heterocycles. The Hall–Kier alpha value is -8.97. The van der Waals surface area contributed by atoms with Gasteiger partial charge in [-0.05, 0) is 98.6 Å². The second-order valence-electron chi connectivity index (χ2n) is 25.5. The van der Waals surface area contributed by atoms with Gasteiger partial charge in [0.1, 0.15) is 17.6 Å². The number of fused-ring (bicyclic) bond motifs is 1. The summed E-state index contributed by atoms with van der Waals surface area (Å²) in [4.78, 5) is 172. The van der Waals surface area contributed by atoms with E-state index < -0.39 is 164 Å². The molecule has 1 aromatic heterocycles. The van der Waals surface area contributed by atoms with Crippen LogP contribution in [-0.4, -0.2) is 152 Å². The molecule has 3 aromatic carbocycles. The van der Waals surface area contributed by atoms with Gasteiger partial charge in [-0.15, -0.1) is 0 Å². The lowest BCUT2D eigenvalue weighted by molar-refractivity contribution is -0.140. The molecule has 14 N–H and O–H groups in total. The van der Waals surface area contributed by atoms with E-state index in [1.54, 1.807) is 54.7 Å². The number of aliphatic hydroxyl groups is 2. The van der Waals surface area contributed by atoms with E-state index in [4.69, 9.17) is 11.5 Å². The quantitative estimate of drug-likeness (QED) is 0.0168. The van der Waals surface area contributed by atoms with E-state index in [-0.39, 0.29) is 93.7 Å². The third kappa shape index (κ3) is 26.4. The molecule has 1 fully saturated rings. The second kappa shape index (κ2) is 39.0. The molecule has 5 amide bonds. The number of H-pyrrole nitrogens is 1. The van der Waals surface area contributed by atoms with Gasteiger partial charge in [-0.25, -0.2) is 0 Å². The number of benzene rings is 3. The number of aliphatic hydroxyl groups excluding tert-OH is 2. The number of carbonyl (C=O) groups is 12. The number of hydrogen-bond acceptors (Lipinski definition) is 16. The number of ketones is 6. The van der Waals surface area contributed by atoms with Gasteiger partial charge >= 0.3 is 5.97 Å². The summed E-state index contributed by atoms with van der Waals surface area (Å²) in [6, 6.07) is 15.0. The largest absolute Gasteiger partial charge is 0.508 e. The fraction of sp³-hybridized carbons (Fsp3) is 0.529. The number of rotatable bonds is 43. The van der Waals surface area contributed by atoms with Crippen LogP contribution in [0.3, 0.4) is 0 Å². The number of carbonyl (C=O) groups excluding carboxylic acids is 11. The summed E-state index contributed by atoms with van der Waals surface area (Å²) < 4.78 is 0. The number of nitrogens with one attached hydrogen (secondary N) is 6. The molecule has 0 unspecified atom stereocenters. The number of aromatic hydroxyl groups is 1. The number of aromatic nitrogens is 1. The van der Waals surface area contributed by atoms with Gasteiger partial charge in [0.25, 0.3) is 0 Å². The molecule has 1 aliphatic rings. The van der Waals surface area contributed by atoms with Gasteiger partial charge in [0, 0.05) is 86.8 Å². The Balaban J connectivity index is 1.43. The molecule has 0 aliphatic heterocycles. The molecule has 1 saturated carbocycles. The highest BCUT2D eigenvalue weighted by Gasteiger charge is 2.38. The molecule has 95 heavy (non-hydrogen) atoms. The molecule has 0 spiro atoms. The Kier molecular flexibility index (Phi) is 31.5. The van der Waals surface area contributed by atoms with Gasteiger partial charge in [0.2, 0.25) is 29.5 Å². The molecule has 516 valence electrons.